The van der Waals surface area contributed by atoms with Crippen molar-refractivity contribution in [2.45, 2.75) is 6.42 Å². The molecule has 0 bridgehead atoms. The van der Waals surface area contributed by atoms with Crippen LogP contribution in [0.3, 0.4) is 0 Å². The first-order valence-corrected chi connectivity index (χ1v) is 8.41. The van der Waals surface area contributed by atoms with Gasteiger partial charge in [-0.2, -0.15) is 0 Å². The van der Waals surface area contributed by atoms with Crippen LogP contribution in [0.15, 0.2) is 66.3 Å². The van der Waals surface area contributed by atoms with E-state index in [9.17, 15) is 4.79 Å². The van der Waals surface area contributed by atoms with E-state index in [-0.39, 0.29) is 19.0 Å². The first-order chi connectivity index (χ1) is 11.8. The highest BCUT2D eigenvalue weighted by Gasteiger charge is 2.09. The monoisotopic (exact) mass is 336 g/mol. The zero-order valence-electron chi connectivity index (χ0n) is 13.0. The Balaban J connectivity index is 1.49. The number of hydrogen-bond acceptors (Lipinski definition) is 5. The fourth-order valence-electron chi connectivity index (χ4n) is 2.10. The maximum absolute atomic E-state index is 11.9. The molecule has 24 heavy (non-hydrogen) atoms. The van der Waals surface area contributed by atoms with Crippen molar-refractivity contribution >= 4 is 23.4 Å². The van der Waals surface area contributed by atoms with Gasteiger partial charge in [0, 0.05) is 23.3 Å². The molecule has 3 rings (SSSR count). The molecule has 0 spiro atoms. The number of hydrogen-bond donors (Lipinski definition) is 0. The Hall–Kier alpha value is -2.79. The summed E-state index contributed by atoms with van der Waals surface area (Å²) in [6.07, 6.45) is 7.41. The third-order valence-electron chi connectivity index (χ3n) is 3.24. The van der Waals surface area contributed by atoms with Gasteiger partial charge in [0.15, 0.2) is 0 Å². The molecule has 4 nitrogen and oxygen atoms in total. The van der Waals surface area contributed by atoms with Gasteiger partial charge >= 0.3 is 5.97 Å². The molecule has 0 amide bonds. The van der Waals surface area contributed by atoms with Crippen molar-refractivity contribution in [1.82, 2.24) is 9.97 Å². The summed E-state index contributed by atoms with van der Waals surface area (Å²) in [5, 5.41) is 2.73. The number of carbonyl (C=O) groups is 1. The van der Waals surface area contributed by atoms with Gasteiger partial charge in [-0.25, -0.2) is 4.98 Å². The summed E-state index contributed by atoms with van der Waals surface area (Å²) >= 11 is 1.50. The van der Waals surface area contributed by atoms with Crippen LogP contribution in [-0.2, 0) is 16.0 Å². The van der Waals surface area contributed by atoms with Crippen LogP contribution in [0.4, 0.5) is 0 Å². The van der Waals surface area contributed by atoms with Crippen LogP contribution in [0, 0.1) is 0 Å². The van der Waals surface area contributed by atoms with Crippen LogP contribution in [0.5, 0.6) is 0 Å². The van der Waals surface area contributed by atoms with Gasteiger partial charge in [0.2, 0.25) is 0 Å². The SMILES string of the molecule is O=C(Cc1csc(-c2cccnc2)n1)OC/C=C/c1ccccc1. The van der Waals surface area contributed by atoms with Crippen LogP contribution < -0.4 is 0 Å². The van der Waals surface area contributed by atoms with E-state index in [4.69, 9.17) is 4.74 Å². The van der Waals surface area contributed by atoms with E-state index < -0.39 is 0 Å². The Labute approximate surface area is 144 Å². The smallest absolute Gasteiger partial charge is 0.312 e. The van der Waals surface area contributed by atoms with Gasteiger partial charge in [-0.15, -0.1) is 11.3 Å². The van der Waals surface area contributed by atoms with Gasteiger partial charge in [-0.05, 0) is 23.8 Å². The third kappa shape index (κ3) is 4.60. The molecular weight excluding hydrogens is 320 g/mol. The minimum atomic E-state index is -0.282. The molecule has 2 heterocycles. The fourth-order valence-corrected chi connectivity index (χ4v) is 2.91. The van der Waals surface area contributed by atoms with Crippen molar-refractivity contribution in [2.75, 3.05) is 6.61 Å². The molecule has 0 aliphatic rings. The molecule has 0 saturated heterocycles. The van der Waals surface area contributed by atoms with E-state index in [1.54, 1.807) is 12.4 Å². The average molecular weight is 336 g/mol. The summed E-state index contributed by atoms with van der Waals surface area (Å²) in [6, 6.07) is 13.7. The summed E-state index contributed by atoms with van der Waals surface area (Å²) in [5.74, 6) is -0.282. The fraction of sp³-hybridized carbons (Fsp3) is 0.105. The van der Waals surface area contributed by atoms with E-state index in [1.165, 1.54) is 11.3 Å². The van der Waals surface area contributed by atoms with Gasteiger partial charge in [0.05, 0.1) is 12.1 Å². The molecule has 0 atom stereocenters. The molecule has 2 aromatic heterocycles. The number of thiazole rings is 1. The normalized spacial score (nSPS) is 10.8. The minimum Gasteiger partial charge on any atom is -0.461 e. The topological polar surface area (TPSA) is 52.1 Å². The molecule has 3 aromatic rings. The minimum absolute atomic E-state index is 0.177. The van der Waals surface area contributed by atoms with Gasteiger partial charge in [0.25, 0.3) is 0 Å². The highest BCUT2D eigenvalue weighted by molar-refractivity contribution is 7.13. The zero-order valence-corrected chi connectivity index (χ0v) is 13.8. The molecule has 0 radical (unpaired) electrons. The predicted octanol–water partition coefficient (Wildman–Crippen LogP) is 4.00. The lowest BCUT2D eigenvalue weighted by Crippen LogP contribution is -2.08. The van der Waals surface area contributed by atoms with Crippen molar-refractivity contribution < 1.29 is 9.53 Å². The Morgan fingerprint density at radius 1 is 1.17 bits per heavy atom. The molecule has 0 saturated carbocycles. The van der Waals surface area contributed by atoms with Crippen molar-refractivity contribution in [1.29, 1.82) is 0 Å². The second kappa shape index (κ2) is 8.17. The van der Waals surface area contributed by atoms with Crippen LogP contribution >= 0.6 is 11.3 Å². The first-order valence-electron chi connectivity index (χ1n) is 7.53. The van der Waals surface area contributed by atoms with Gasteiger partial charge in [-0.3, -0.25) is 9.78 Å². The molecule has 0 aliphatic carbocycles. The standard InChI is InChI=1S/C19H16N2O2S/c22-18(23-11-5-8-15-6-2-1-3-7-15)12-17-14-24-19(21-17)16-9-4-10-20-13-16/h1-10,13-14H,11-12H2/b8-5+. The lowest BCUT2D eigenvalue weighted by atomic mass is 10.2. The molecule has 120 valence electrons. The second-order valence-corrected chi connectivity index (χ2v) is 5.92. The van der Waals surface area contributed by atoms with Crippen molar-refractivity contribution in [3.8, 4) is 10.6 Å². The zero-order chi connectivity index (χ0) is 16.6. The number of nitrogens with zero attached hydrogens (tertiary/aromatic N) is 2. The molecule has 0 fully saturated rings. The molecule has 0 unspecified atom stereocenters. The quantitative estimate of drug-likeness (QED) is 0.638. The third-order valence-corrected chi connectivity index (χ3v) is 4.18. The van der Waals surface area contributed by atoms with Crippen LogP contribution in [0.1, 0.15) is 11.3 Å². The molecule has 0 N–H and O–H groups in total. The lowest BCUT2D eigenvalue weighted by molar-refractivity contribution is -0.141. The maximum Gasteiger partial charge on any atom is 0.312 e. The summed E-state index contributed by atoms with van der Waals surface area (Å²) in [4.78, 5) is 20.4. The summed E-state index contributed by atoms with van der Waals surface area (Å²) in [6.45, 7) is 0.257. The Bertz CT molecular complexity index is 814. The molecular formula is C19H16N2O2S. The highest BCUT2D eigenvalue weighted by Crippen LogP contribution is 2.22. The number of rotatable bonds is 6. The van der Waals surface area contributed by atoms with Crippen LogP contribution in [0.2, 0.25) is 0 Å². The first kappa shape index (κ1) is 16.1. The number of esters is 1. The number of aromatic nitrogens is 2. The summed E-state index contributed by atoms with van der Waals surface area (Å²) in [5.41, 5.74) is 2.75. The Morgan fingerprint density at radius 2 is 2.04 bits per heavy atom. The number of pyridine rings is 1. The summed E-state index contributed by atoms with van der Waals surface area (Å²) in [7, 11) is 0. The molecule has 5 heteroatoms. The number of ether oxygens (including phenoxy) is 1. The Morgan fingerprint density at radius 3 is 2.83 bits per heavy atom. The molecule has 0 aliphatic heterocycles. The predicted molar refractivity (Wildman–Crippen MR) is 95.5 cm³/mol. The van der Waals surface area contributed by atoms with Gasteiger partial charge in [-0.1, -0.05) is 36.4 Å². The van der Waals surface area contributed by atoms with Gasteiger partial charge < -0.3 is 4.74 Å². The largest absolute Gasteiger partial charge is 0.461 e. The van der Waals surface area contributed by atoms with Crippen LogP contribution in [-0.4, -0.2) is 22.5 Å². The van der Waals surface area contributed by atoms with Crippen molar-refractivity contribution in [2.24, 2.45) is 0 Å². The van der Waals surface area contributed by atoms with Crippen molar-refractivity contribution in [3.63, 3.8) is 0 Å². The van der Waals surface area contributed by atoms with Crippen LogP contribution in [0.25, 0.3) is 16.6 Å². The molecule has 1 aromatic carbocycles. The van der Waals surface area contributed by atoms with E-state index in [0.717, 1.165) is 21.8 Å². The van der Waals surface area contributed by atoms with Gasteiger partial charge in [0.1, 0.15) is 11.6 Å². The highest BCUT2D eigenvalue weighted by atomic mass is 32.1. The number of benzene rings is 1. The van der Waals surface area contributed by atoms with E-state index in [1.807, 2.05) is 60.0 Å². The van der Waals surface area contributed by atoms with Crippen molar-refractivity contribution in [3.05, 3.63) is 77.6 Å². The maximum atomic E-state index is 11.9. The Kier molecular flexibility index (Phi) is 5.48. The average Bonchev–Trinajstić information content (AvgIpc) is 3.09. The van der Waals surface area contributed by atoms with E-state index in [0.29, 0.717) is 0 Å². The van der Waals surface area contributed by atoms with E-state index >= 15 is 0 Å². The lowest BCUT2D eigenvalue weighted by Gasteiger charge is -2.00. The van der Waals surface area contributed by atoms with E-state index in [2.05, 4.69) is 9.97 Å². The number of carbonyl (C=O) groups excluding carboxylic acids is 1. The summed E-state index contributed by atoms with van der Waals surface area (Å²) < 4.78 is 5.21. The second-order valence-electron chi connectivity index (χ2n) is 5.06.